The third-order valence-electron chi connectivity index (χ3n) is 11.2. The van der Waals surface area contributed by atoms with E-state index in [0.717, 1.165) is 17.8 Å². The van der Waals surface area contributed by atoms with Gasteiger partial charge in [0.2, 0.25) is 0 Å². The highest BCUT2D eigenvalue weighted by atomic mass is 15.1. The van der Waals surface area contributed by atoms with Gasteiger partial charge in [0.15, 0.2) is 0 Å². The minimum Gasteiger partial charge on any atom is -0.310 e. The van der Waals surface area contributed by atoms with Gasteiger partial charge in [-0.2, -0.15) is 0 Å². The molecule has 0 heterocycles. The number of nitrogens with zero attached hydrogens (tertiary/aromatic N) is 1. The summed E-state index contributed by atoms with van der Waals surface area (Å²) in [6.07, 6.45) is 10.0. The van der Waals surface area contributed by atoms with Crippen LogP contribution in [0.5, 0.6) is 0 Å². The topological polar surface area (TPSA) is 3.24 Å². The van der Waals surface area contributed by atoms with Crippen molar-refractivity contribution < 1.29 is 0 Å². The van der Waals surface area contributed by atoms with Gasteiger partial charge in [-0.25, -0.2) is 0 Å². The van der Waals surface area contributed by atoms with Crippen molar-refractivity contribution in [2.75, 3.05) is 4.90 Å². The Hall–Kier alpha value is -6.18. The Morgan fingerprint density at radius 2 is 1.14 bits per heavy atom. The molecule has 0 aliphatic heterocycles. The SMILES string of the molecule is C1=CCC2=C(C=C1)c1ccccc1C21c2ccccc2-c2c1c1cccc3c(N(c4ccccc4)c4ccccc4)cc4cccc2c4c31. The van der Waals surface area contributed by atoms with E-state index in [1.54, 1.807) is 0 Å². The van der Waals surface area contributed by atoms with Crippen LogP contribution < -0.4 is 4.90 Å². The first-order valence-corrected chi connectivity index (χ1v) is 17.3. The summed E-state index contributed by atoms with van der Waals surface area (Å²) < 4.78 is 0. The molecule has 1 spiro atoms. The molecule has 11 rings (SSSR count). The van der Waals surface area contributed by atoms with Crippen LogP contribution in [-0.4, -0.2) is 0 Å². The molecule has 0 saturated heterocycles. The highest BCUT2D eigenvalue weighted by Gasteiger charge is 2.53. The number of fused-ring (bicyclic) bond motifs is 11. The molecule has 0 aromatic heterocycles. The van der Waals surface area contributed by atoms with Crippen molar-refractivity contribution in [3.8, 4) is 11.1 Å². The molecular formula is C48H31N. The summed E-state index contributed by atoms with van der Waals surface area (Å²) in [6.45, 7) is 0. The molecule has 228 valence electrons. The van der Waals surface area contributed by atoms with Gasteiger partial charge in [-0.1, -0.05) is 146 Å². The van der Waals surface area contributed by atoms with Gasteiger partial charge in [-0.3, -0.25) is 0 Å². The van der Waals surface area contributed by atoms with Crippen LogP contribution in [0.1, 0.15) is 28.7 Å². The van der Waals surface area contributed by atoms with E-state index >= 15 is 0 Å². The number of rotatable bonds is 3. The summed E-state index contributed by atoms with van der Waals surface area (Å²) in [5, 5.41) is 7.91. The predicted molar refractivity (Wildman–Crippen MR) is 206 cm³/mol. The molecule has 0 amide bonds. The molecule has 3 aliphatic carbocycles. The average molecular weight is 622 g/mol. The van der Waals surface area contributed by atoms with E-state index in [1.807, 2.05) is 0 Å². The van der Waals surface area contributed by atoms with Gasteiger partial charge in [0.25, 0.3) is 0 Å². The van der Waals surface area contributed by atoms with Crippen molar-refractivity contribution in [1.29, 1.82) is 0 Å². The fourth-order valence-corrected chi connectivity index (χ4v) is 9.55. The number of benzene rings is 8. The van der Waals surface area contributed by atoms with Gasteiger partial charge < -0.3 is 4.90 Å². The summed E-state index contributed by atoms with van der Waals surface area (Å²) in [4.78, 5) is 2.43. The molecule has 0 N–H and O–H groups in total. The second kappa shape index (κ2) is 9.92. The maximum atomic E-state index is 2.43. The van der Waals surface area contributed by atoms with Gasteiger partial charge in [0, 0.05) is 16.8 Å². The molecule has 1 heteroatoms. The number of hydrogen-bond donors (Lipinski definition) is 0. The van der Waals surface area contributed by atoms with Gasteiger partial charge in [0.1, 0.15) is 0 Å². The number of anilines is 3. The molecule has 49 heavy (non-hydrogen) atoms. The van der Waals surface area contributed by atoms with Crippen LogP contribution in [-0.2, 0) is 5.41 Å². The molecular weight excluding hydrogens is 591 g/mol. The normalized spacial score (nSPS) is 17.1. The fraction of sp³-hybridized carbons (Fsp3) is 0.0417. The smallest absolute Gasteiger partial charge is 0.0697 e. The van der Waals surface area contributed by atoms with Gasteiger partial charge in [-0.05, 0) is 108 Å². The number of allylic oxidation sites excluding steroid dienone is 6. The molecule has 1 nitrogen and oxygen atoms in total. The van der Waals surface area contributed by atoms with E-state index in [0.29, 0.717) is 0 Å². The standard InChI is InChI=1S/C48H31N/c1-4-17-32(18-5-1)49(33-19-6-2-7-20-33)43-30-31-16-14-25-38-44(31)45-37(43)24-15-26-39(45)47-46(38)36-23-11-13-29-42(36)48(47)40-27-9-3-8-21-34(40)35-22-10-12-28-41(35)48/h1-26,28-30H,27H2. The lowest BCUT2D eigenvalue weighted by Gasteiger charge is -2.34. The zero-order valence-electron chi connectivity index (χ0n) is 26.9. The predicted octanol–water partition coefficient (Wildman–Crippen LogP) is 12.7. The van der Waals surface area contributed by atoms with Crippen LogP contribution in [0.4, 0.5) is 17.1 Å². The molecule has 0 saturated carbocycles. The quantitative estimate of drug-likeness (QED) is 0.177. The Kier molecular flexibility index (Phi) is 5.43. The van der Waals surface area contributed by atoms with Crippen molar-refractivity contribution in [2.45, 2.75) is 11.8 Å². The van der Waals surface area contributed by atoms with E-state index in [4.69, 9.17) is 0 Å². The van der Waals surface area contributed by atoms with Crippen LogP contribution in [0.25, 0.3) is 49.0 Å². The summed E-state index contributed by atoms with van der Waals surface area (Å²) in [5.41, 5.74) is 14.3. The highest BCUT2D eigenvalue weighted by Crippen LogP contribution is 2.66. The lowest BCUT2D eigenvalue weighted by atomic mass is 9.67. The van der Waals surface area contributed by atoms with Crippen molar-refractivity contribution in [3.05, 3.63) is 204 Å². The maximum absolute atomic E-state index is 2.43. The Morgan fingerprint density at radius 1 is 0.510 bits per heavy atom. The first-order valence-electron chi connectivity index (χ1n) is 17.3. The van der Waals surface area contributed by atoms with E-state index in [2.05, 4.69) is 181 Å². The van der Waals surface area contributed by atoms with Crippen LogP contribution in [0, 0.1) is 0 Å². The minimum atomic E-state index is -0.389. The van der Waals surface area contributed by atoms with E-state index in [9.17, 15) is 0 Å². The Balaban J connectivity index is 1.34. The molecule has 8 aromatic carbocycles. The zero-order chi connectivity index (χ0) is 32.1. The maximum Gasteiger partial charge on any atom is 0.0697 e. The Bertz CT molecular complexity index is 2690. The van der Waals surface area contributed by atoms with Crippen molar-refractivity contribution in [1.82, 2.24) is 0 Å². The summed E-state index contributed by atoms with van der Waals surface area (Å²) >= 11 is 0. The van der Waals surface area contributed by atoms with Crippen LogP contribution >= 0.6 is 0 Å². The van der Waals surface area contributed by atoms with Crippen LogP contribution in [0.3, 0.4) is 0 Å². The van der Waals surface area contributed by atoms with E-state index in [-0.39, 0.29) is 5.41 Å². The van der Waals surface area contributed by atoms with Crippen molar-refractivity contribution >= 4 is 55.0 Å². The molecule has 1 unspecified atom stereocenters. The largest absolute Gasteiger partial charge is 0.310 e. The molecule has 3 aliphatic rings. The zero-order valence-corrected chi connectivity index (χ0v) is 26.9. The van der Waals surface area contributed by atoms with Gasteiger partial charge >= 0.3 is 0 Å². The third kappa shape index (κ3) is 3.39. The number of para-hydroxylation sites is 2. The monoisotopic (exact) mass is 621 g/mol. The number of hydrogen-bond acceptors (Lipinski definition) is 1. The van der Waals surface area contributed by atoms with Crippen LogP contribution in [0.15, 0.2) is 182 Å². The highest BCUT2D eigenvalue weighted by molar-refractivity contribution is 6.32. The van der Waals surface area contributed by atoms with E-state index < -0.39 is 0 Å². The Morgan fingerprint density at radius 3 is 1.92 bits per heavy atom. The second-order valence-electron chi connectivity index (χ2n) is 13.5. The van der Waals surface area contributed by atoms with Gasteiger partial charge in [0.05, 0.1) is 11.1 Å². The average Bonchev–Trinajstić information content (AvgIpc) is 3.47. The summed E-state index contributed by atoms with van der Waals surface area (Å²) in [5.74, 6) is 0. The first kappa shape index (κ1) is 26.8. The molecule has 0 radical (unpaired) electrons. The van der Waals surface area contributed by atoms with Gasteiger partial charge in [-0.15, -0.1) is 0 Å². The van der Waals surface area contributed by atoms with Crippen molar-refractivity contribution in [3.63, 3.8) is 0 Å². The third-order valence-corrected chi connectivity index (χ3v) is 11.2. The first-order chi connectivity index (χ1) is 24.4. The van der Waals surface area contributed by atoms with Crippen molar-refractivity contribution in [2.24, 2.45) is 0 Å². The van der Waals surface area contributed by atoms with Crippen LogP contribution in [0.2, 0.25) is 0 Å². The summed E-state index contributed by atoms with van der Waals surface area (Å²) in [6, 6.07) is 56.4. The lowest BCUT2D eigenvalue weighted by molar-refractivity contribution is 0.754. The molecule has 0 fully saturated rings. The summed E-state index contributed by atoms with van der Waals surface area (Å²) in [7, 11) is 0. The molecule has 8 aromatic rings. The lowest BCUT2D eigenvalue weighted by Crippen LogP contribution is -2.27. The van der Waals surface area contributed by atoms with E-state index in [1.165, 1.54) is 82.5 Å². The molecule has 0 bridgehead atoms. The molecule has 1 atom stereocenters. The second-order valence-corrected chi connectivity index (χ2v) is 13.5. The Labute approximate surface area is 285 Å². The minimum absolute atomic E-state index is 0.389. The fourth-order valence-electron chi connectivity index (χ4n) is 9.55.